The number of hydrogen-bond acceptors (Lipinski definition) is 16. The van der Waals surface area contributed by atoms with E-state index in [4.69, 9.17) is 66.3 Å². The summed E-state index contributed by atoms with van der Waals surface area (Å²) < 4.78 is 72.6. The lowest BCUT2D eigenvalue weighted by atomic mass is 9.78. The Morgan fingerprint density at radius 3 is 1.09 bits per heavy atom. The Hall–Kier alpha value is -3.91. The first kappa shape index (κ1) is 57.0. The van der Waals surface area contributed by atoms with Gasteiger partial charge in [0.2, 0.25) is 0 Å². The summed E-state index contributed by atoms with van der Waals surface area (Å²) in [5.41, 5.74) is 3.67. The Bertz CT molecular complexity index is 1760. The third kappa shape index (κ3) is 24.0. The summed E-state index contributed by atoms with van der Waals surface area (Å²) >= 11 is 0. The molecule has 0 aromatic heterocycles. The normalized spacial score (nSPS) is 24.6. The van der Waals surface area contributed by atoms with Crippen molar-refractivity contribution in [1.29, 1.82) is 0 Å². The van der Waals surface area contributed by atoms with E-state index in [-0.39, 0.29) is 73.7 Å². The zero-order chi connectivity index (χ0) is 50.4. The van der Waals surface area contributed by atoms with Crippen LogP contribution in [-0.2, 0) is 62.3 Å². The number of esters is 1. The molecule has 0 saturated carbocycles. The number of aliphatic hydroxyl groups is 1. The standard InChI is InChI=1S/C21H24O4.C10H16O7.C10H12O2.C8H14O3.C3H8.C2H6/c1-21(2,15-3-7-17(8-4-15)22-11-19-13-24-19)16-5-9-18(10-6-16)23-12-20-14-25-20;11-10(15-4-7-1-12-7,16-5-8-2-13-8)17-6-9-3-14-9;1-8-2-4-9(5-3-8)11-6-10-7-12-10;1-3-6(2)8(9)11-5-7-4-10-7;1-3-2;1-2/h3-10,19-20H,11-14H2,1-2H3;7-9,11H,1-6H2;2-5,10H,6-7H2,1H3;6-7H,3-5H2,1-2H3;3H2,1-2H3;1-2H3. The van der Waals surface area contributed by atoms with Crippen molar-refractivity contribution in [3.8, 4) is 17.2 Å². The Balaban J connectivity index is 0.000000177. The van der Waals surface area contributed by atoms with Crippen LogP contribution in [0.15, 0.2) is 72.8 Å². The van der Waals surface area contributed by atoms with Crippen LogP contribution in [0.25, 0.3) is 0 Å². The van der Waals surface area contributed by atoms with Gasteiger partial charge in [0.25, 0.3) is 0 Å². The molecule has 7 heterocycles. The molecule has 16 heteroatoms. The van der Waals surface area contributed by atoms with Crippen LogP contribution < -0.4 is 14.2 Å². The zero-order valence-corrected chi connectivity index (χ0v) is 42.9. The second kappa shape index (κ2) is 29.6. The smallest absolute Gasteiger partial charge is 0.410 e. The van der Waals surface area contributed by atoms with Gasteiger partial charge in [0, 0.05) is 5.41 Å². The van der Waals surface area contributed by atoms with Crippen LogP contribution in [0.3, 0.4) is 0 Å². The van der Waals surface area contributed by atoms with Gasteiger partial charge in [-0.1, -0.05) is 104 Å². The quantitative estimate of drug-likeness (QED) is 0.0524. The number of benzene rings is 3. The maximum Gasteiger partial charge on any atom is 0.410 e. The van der Waals surface area contributed by atoms with Crippen molar-refractivity contribution in [1.82, 2.24) is 0 Å². The molecule has 3 aromatic carbocycles. The fourth-order valence-corrected chi connectivity index (χ4v) is 5.66. The Morgan fingerprint density at radius 1 is 0.529 bits per heavy atom. The lowest BCUT2D eigenvalue weighted by Gasteiger charge is -2.26. The average molecular weight is 985 g/mol. The number of aryl methyl sites for hydroxylation is 1. The fourth-order valence-electron chi connectivity index (χ4n) is 5.66. The summed E-state index contributed by atoms with van der Waals surface area (Å²) in [6.07, 6.45) is 1.24. The van der Waals surface area contributed by atoms with E-state index in [1.54, 1.807) is 0 Å². The molecule has 0 bridgehead atoms. The minimum atomic E-state index is -2.02. The number of carbonyl (C=O) groups is 1. The topological polar surface area (TPSA) is 190 Å². The minimum absolute atomic E-state index is 0.0220. The van der Waals surface area contributed by atoms with Crippen LogP contribution in [0.1, 0.15) is 84.9 Å². The average Bonchev–Trinajstić information content (AvgIpc) is 4.18. The molecule has 7 aliphatic rings. The van der Waals surface area contributed by atoms with E-state index in [1.807, 2.05) is 76.2 Å². The van der Waals surface area contributed by atoms with Gasteiger partial charge in [0.15, 0.2) is 0 Å². The summed E-state index contributed by atoms with van der Waals surface area (Å²) in [5, 5.41) is 10.0. The summed E-state index contributed by atoms with van der Waals surface area (Å²) in [5.74, 6) is 2.62. The number of ether oxygens (including phenoxy) is 14. The number of carbonyl (C=O) groups excluding carboxylic acids is 1. The highest BCUT2D eigenvalue weighted by atomic mass is 17.0. The van der Waals surface area contributed by atoms with E-state index < -0.39 is 6.16 Å². The molecule has 7 saturated heterocycles. The second-order valence-corrected chi connectivity index (χ2v) is 18.2. The van der Waals surface area contributed by atoms with Gasteiger partial charge in [-0.3, -0.25) is 4.79 Å². The van der Waals surface area contributed by atoms with Gasteiger partial charge in [-0.25, -0.2) is 0 Å². The summed E-state index contributed by atoms with van der Waals surface area (Å²) in [6, 6.07) is 24.7. The number of epoxide rings is 7. The van der Waals surface area contributed by atoms with E-state index in [9.17, 15) is 9.90 Å². The maximum atomic E-state index is 11.0. The van der Waals surface area contributed by atoms with Crippen molar-refractivity contribution >= 4 is 5.97 Å². The zero-order valence-electron chi connectivity index (χ0n) is 42.9. The molecule has 392 valence electrons. The Kier molecular flexibility index (Phi) is 24.1. The molecule has 70 heavy (non-hydrogen) atoms. The highest BCUT2D eigenvalue weighted by Gasteiger charge is 2.40. The van der Waals surface area contributed by atoms with Crippen LogP contribution in [0, 0.1) is 12.8 Å². The molecule has 7 aliphatic heterocycles. The first-order chi connectivity index (χ1) is 33.8. The van der Waals surface area contributed by atoms with Crippen LogP contribution >= 0.6 is 0 Å². The molecule has 0 amide bonds. The fraction of sp³-hybridized carbons (Fsp3) is 0.648. The predicted molar refractivity (Wildman–Crippen MR) is 261 cm³/mol. The molecule has 0 spiro atoms. The molecule has 16 nitrogen and oxygen atoms in total. The van der Waals surface area contributed by atoms with Gasteiger partial charge >= 0.3 is 12.1 Å². The monoisotopic (exact) mass is 985 g/mol. The summed E-state index contributed by atoms with van der Waals surface area (Å²) in [4.78, 5) is 11.0. The van der Waals surface area contributed by atoms with Crippen molar-refractivity contribution in [2.24, 2.45) is 5.92 Å². The van der Waals surface area contributed by atoms with Gasteiger partial charge in [-0.2, -0.15) is 0 Å². The lowest BCUT2D eigenvalue weighted by Crippen LogP contribution is -2.42. The van der Waals surface area contributed by atoms with Gasteiger partial charge in [-0.05, 0) is 60.9 Å². The first-order valence-electron chi connectivity index (χ1n) is 25.1. The van der Waals surface area contributed by atoms with Crippen LogP contribution in [0.2, 0.25) is 0 Å². The molecule has 8 unspecified atom stereocenters. The van der Waals surface area contributed by atoms with Gasteiger partial charge in [0.05, 0.1) is 72.0 Å². The van der Waals surface area contributed by atoms with Crippen molar-refractivity contribution in [2.75, 3.05) is 92.5 Å². The Morgan fingerprint density at radius 2 is 0.800 bits per heavy atom. The Labute approximate surface area is 415 Å². The van der Waals surface area contributed by atoms with Crippen LogP contribution in [0.5, 0.6) is 17.2 Å². The van der Waals surface area contributed by atoms with E-state index >= 15 is 0 Å². The third-order valence-electron chi connectivity index (χ3n) is 11.1. The molecular weight excluding hydrogens is 905 g/mol. The minimum Gasteiger partial charge on any atom is -0.491 e. The third-order valence-corrected chi connectivity index (χ3v) is 11.1. The highest BCUT2D eigenvalue weighted by molar-refractivity contribution is 5.71. The highest BCUT2D eigenvalue weighted by Crippen LogP contribution is 2.34. The van der Waals surface area contributed by atoms with Crippen LogP contribution in [0.4, 0.5) is 0 Å². The molecule has 1 N–H and O–H groups in total. The van der Waals surface area contributed by atoms with Gasteiger partial charge in [-0.15, -0.1) is 0 Å². The lowest BCUT2D eigenvalue weighted by molar-refractivity contribution is -0.486. The summed E-state index contributed by atoms with van der Waals surface area (Å²) in [6.45, 7) is 26.9. The van der Waals surface area contributed by atoms with Crippen molar-refractivity contribution in [2.45, 2.75) is 129 Å². The van der Waals surface area contributed by atoms with E-state index in [2.05, 4.69) is 58.9 Å². The molecule has 0 aliphatic carbocycles. The van der Waals surface area contributed by atoms with Gasteiger partial charge in [0.1, 0.15) is 86.4 Å². The molecule has 8 atom stereocenters. The van der Waals surface area contributed by atoms with E-state index in [1.165, 1.54) is 23.1 Å². The molecule has 10 rings (SSSR count). The first-order valence-corrected chi connectivity index (χ1v) is 25.1. The largest absolute Gasteiger partial charge is 0.491 e. The van der Waals surface area contributed by atoms with Crippen molar-refractivity contribution in [3.63, 3.8) is 0 Å². The molecule has 0 radical (unpaired) electrons. The maximum absolute atomic E-state index is 11.0. The molecule has 7 fully saturated rings. The second-order valence-electron chi connectivity index (χ2n) is 18.2. The predicted octanol–water partition coefficient (Wildman–Crippen LogP) is 7.59. The van der Waals surface area contributed by atoms with E-state index in [0.717, 1.165) is 50.1 Å². The van der Waals surface area contributed by atoms with Crippen molar-refractivity contribution in [3.05, 3.63) is 89.5 Å². The van der Waals surface area contributed by atoms with Gasteiger partial charge < -0.3 is 71.4 Å². The molecular formula is C54H80O16. The number of rotatable bonds is 24. The number of hydrogen-bond donors (Lipinski definition) is 1. The van der Waals surface area contributed by atoms with Crippen molar-refractivity contribution < 1.29 is 76.2 Å². The summed E-state index contributed by atoms with van der Waals surface area (Å²) in [7, 11) is 0. The molecule has 3 aromatic rings. The van der Waals surface area contributed by atoms with E-state index in [0.29, 0.717) is 52.4 Å². The van der Waals surface area contributed by atoms with Crippen LogP contribution in [-0.4, -0.2) is 152 Å². The SMILES string of the molecule is CC.CC(C)(c1ccc(OCC2CO2)cc1)c1ccc(OCC2CO2)cc1.CCC.CCC(C)C(=O)OCC1CO1.Cc1ccc(OCC2CO2)cc1.OC(OCC1CO1)(OCC1CO1)OCC1CO1.